The van der Waals surface area contributed by atoms with Crippen LogP contribution < -0.4 is 4.74 Å². The molecule has 33 heavy (non-hydrogen) atoms. The normalized spacial score (nSPS) is 17.6. The molecule has 1 aromatic heterocycles. The number of hydrogen-bond donors (Lipinski definition) is 1. The van der Waals surface area contributed by atoms with Crippen molar-refractivity contribution in [3.8, 4) is 5.75 Å². The van der Waals surface area contributed by atoms with Gasteiger partial charge < -0.3 is 14.7 Å². The Morgan fingerprint density at radius 3 is 2.33 bits per heavy atom. The van der Waals surface area contributed by atoms with Crippen LogP contribution in [-0.2, 0) is 16.1 Å². The first-order chi connectivity index (χ1) is 15.9. The van der Waals surface area contributed by atoms with E-state index in [-0.39, 0.29) is 17.9 Å². The minimum absolute atomic E-state index is 0.0753. The van der Waals surface area contributed by atoms with Crippen LogP contribution in [0.25, 0.3) is 5.76 Å². The topological polar surface area (TPSA) is 79.7 Å². The molecule has 1 N–H and O–H groups in total. The fraction of sp³-hybridized carbons (Fsp3) is 0.222. The second kappa shape index (κ2) is 9.28. The summed E-state index contributed by atoms with van der Waals surface area (Å²) in [7, 11) is 1.56. The van der Waals surface area contributed by atoms with E-state index in [2.05, 4.69) is 18.8 Å². The molecule has 1 aliphatic heterocycles. The Labute approximate surface area is 193 Å². The highest BCUT2D eigenvalue weighted by atomic mass is 16.5. The summed E-state index contributed by atoms with van der Waals surface area (Å²) in [4.78, 5) is 31.9. The van der Waals surface area contributed by atoms with Gasteiger partial charge in [0.25, 0.3) is 11.7 Å². The maximum atomic E-state index is 13.2. The fourth-order valence-corrected chi connectivity index (χ4v) is 4.05. The van der Waals surface area contributed by atoms with E-state index in [1.807, 2.05) is 30.3 Å². The molecule has 1 atom stereocenters. The number of pyridine rings is 1. The average Bonchev–Trinajstić information content (AvgIpc) is 3.09. The smallest absolute Gasteiger partial charge is 0.295 e. The van der Waals surface area contributed by atoms with Crippen molar-refractivity contribution < 1.29 is 19.4 Å². The van der Waals surface area contributed by atoms with Gasteiger partial charge in [-0.2, -0.15) is 0 Å². The third-order valence-electron chi connectivity index (χ3n) is 5.90. The average molecular weight is 443 g/mol. The van der Waals surface area contributed by atoms with Crippen LogP contribution in [0, 0.1) is 0 Å². The predicted octanol–water partition coefficient (Wildman–Crippen LogP) is 4.84. The number of aromatic nitrogens is 1. The molecule has 0 unspecified atom stereocenters. The van der Waals surface area contributed by atoms with Gasteiger partial charge in [0.05, 0.1) is 18.7 Å². The summed E-state index contributed by atoms with van der Waals surface area (Å²) in [6.45, 7) is 4.41. The van der Waals surface area contributed by atoms with Gasteiger partial charge in [0.2, 0.25) is 0 Å². The number of ketones is 1. The van der Waals surface area contributed by atoms with E-state index in [0.29, 0.717) is 17.2 Å². The molecule has 168 valence electrons. The molecule has 1 fully saturated rings. The zero-order valence-corrected chi connectivity index (χ0v) is 18.9. The number of ether oxygens (including phenoxy) is 1. The minimum Gasteiger partial charge on any atom is -0.507 e. The number of benzene rings is 2. The number of methoxy groups -OCH3 is 1. The standard InChI is InChI=1S/C27H26N2O4/c1-17(2)19-6-8-20(9-7-19)24-23(25(30)21-10-12-22(33-3)13-11-21)26(31)27(32)29(24)16-18-5-4-14-28-15-18/h4-15,17,24,30H,16H2,1-3H3/t24-/m0/s1. The van der Waals surface area contributed by atoms with E-state index in [0.717, 1.165) is 16.7 Å². The molecule has 1 aliphatic rings. The van der Waals surface area contributed by atoms with Crippen LogP contribution in [0.5, 0.6) is 5.75 Å². The highest BCUT2D eigenvalue weighted by Crippen LogP contribution is 2.40. The molecule has 3 aromatic rings. The van der Waals surface area contributed by atoms with Gasteiger partial charge in [0.15, 0.2) is 0 Å². The second-order valence-electron chi connectivity index (χ2n) is 8.34. The number of hydrogen-bond acceptors (Lipinski definition) is 5. The van der Waals surface area contributed by atoms with Gasteiger partial charge in [0, 0.05) is 24.5 Å². The molecule has 1 saturated heterocycles. The van der Waals surface area contributed by atoms with Crippen LogP contribution in [0.2, 0.25) is 0 Å². The van der Waals surface area contributed by atoms with E-state index in [4.69, 9.17) is 4.74 Å². The lowest BCUT2D eigenvalue weighted by atomic mass is 9.93. The van der Waals surface area contributed by atoms with Gasteiger partial charge in [-0.15, -0.1) is 0 Å². The Balaban J connectivity index is 1.83. The van der Waals surface area contributed by atoms with Crippen molar-refractivity contribution in [1.29, 1.82) is 0 Å². The fourth-order valence-electron chi connectivity index (χ4n) is 4.05. The van der Waals surface area contributed by atoms with Crippen molar-refractivity contribution in [3.05, 3.63) is 101 Å². The number of aliphatic hydroxyl groups excluding tert-OH is 1. The quantitative estimate of drug-likeness (QED) is 0.336. The van der Waals surface area contributed by atoms with Gasteiger partial charge in [-0.1, -0.05) is 44.2 Å². The van der Waals surface area contributed by atoms with Crippen LogP contribution in [0.3, 0.4) is 0 Å². The Hall–Kier alpha value is -3.93. The van der Waals surface area contributed by atoms with Crippen molar-refractivity contribution in [1.82, 2.24) is 9.88 Å². The Morgan fingerprint density at radius 1 is 1.06 bits per heavy atom. The Morgan fingerprint density at radius 2 is 1.76 bits per heavy atom. The first-order valence-corrected chi connectivity index (χ1v) is 10.8. The largest absolute Gasteiger partial charge is 0.507 e. The van der Waals surface area contributed by atoms with Gasteiger partial charge in [-0.3, -0.25) is 14.6 Å². The highest BCUT2D eigenvalue weighted by molar-refractivity contribution is 6.46. The monoisotopic (exact) mass is 442 g/mol. The maximum Gasteiger partial charge on any atom is 0.295 e. The molecule has 0 bridgehead atoms. The van der Waals surface area contributed by atoms with Gasteiger partial charge in [-0.25, -0.2) is 0 Å². The molecule has 4 rings (SSSR count). The lowest BCUT2D eigenvalue weighted by Gasteiger charge is -2.25. The molecule has 6 heteroatoms. The van der Waals surface area contributed by atoms with E-state index < -0.39 is 17.7 Å². The molecule has 0 spiro atoms. The number of amides is 1. The molecule has 1 amide bonds. The zero-order valence-electron chi connectivity index (χ0n) is 18.9. The van der Waals surface area contributed by atoms with Crippen LogP contribution >= 0.6 is 0 Å². The SMILES string of the molecule is COc1ccc(C(O)=C2C(=O)C(=O)N(Cc3cccnc3)[C@H]2c2ccc(C(C)C)cc2)cc1. The number of aliphatic hydroxyl groups is 1. The summed E-state index contributed by atoms with van der Waals surface area (Å²) in [6, 6.07) is 17.5. The third kappa shape index (κ3) is 4.37. The van der Waals surface area contributed by atoms with Crippen molar-refractivity contribution in [2.24, 2.45) is 0 Å². The number of carbonyl (C=O) groups excluding carboxylic acids is 2. The first-order valence-electron chi connectivity index (χ1n) is 10.8. The molecule has 0 aliphatic carbocycles. The lowest BCUT2D eigenvalue weighted by Crippen LogP contribution is -2.29. The van der Waals surface area contributed by atoms with Gasteiger partial charge >= 0.3 is 0 Å². The lowest BCUT2D eigenvalue weighted by molar-refractivity contribution is -0.140. The third-order valence-corrected chi connectivity index (χ3v) is 5.90. The second-order valence-corrected chi connectivity index (χ2v) is 8.34. The van der Waals surface area contributed by atoms with Crippen molar-refractivity contribution >= 4 is 17.4 Å². The maximum absolute atomic E-state index is 13.2. The molecule has 2 heterocycles. The number of Topliss-reactive ketones (excluding diaryl/α,β-unsaturated/α-hetero) is 1. The number of rotatable bonds is 6. The molecular weight excluding hydrogens is 416 g/mol. The van der Waals surface area contributed by atoms with E-state index in [9.17, 15) is 14.7 Å². The van der Waals surface area contributed by atoms with E-state index in [1.54, 1.807) is 49.8 Å². The van der Waals surface area contributed by atoms with Crippen LogP contribution in [0.4, 0.5) is 0 Å². The summed E-state index contributed by atoms with van der Waals surface area (Å²) >= 11 is 0. The molecule has 0 radical (unpaired) electrons. The number of carbonyl (C=O) groups is 2. The molecule has 0 saturated carbocycles. The van der Waals surface area contributed by atoms with Crippen molar-refractivity contribution in [2.75, 3.05) is 7.11 Å². The van der Waals surface area contributed by atoms with Gasteiger partial charge in [-0.05, 0) is 52.9 Å². The van der Waals surface area contributed by atoms with Crippen molar-refractivity contribution in [3.63, 3.8) is 0 Å². The Kier molecular flexibility index (Phi) is 6.27. The Bertz CT molecular complexity index is 1180. The molecule has 6 nitrogen and oxygen atoms in total. The predicted molar refractivity (Wildman–Crippen MR) is 126 cm³/mol. The summed E-state index contributed by atoms with van der Waals surface area (Å²) in [6.07, 6.45) is 3.32. The van der Waals surface area contributed by atoms with Crippen molar-refractivity contribution in [2.45, 2.75) is 32.4 Å². The van der Waals surface area contributed by atoms with E-state index >= 15 is 0 Å². The molecular formula is C27H26N2O4. The molecule has 2 aromatic carbocycles. The number of nitrogens with zero attached hydrogens (tertiary/aromatic N) is 2. The highest BCUT2D eigenvalue weighted by Gasteiger charge is 2.46. The summed E-state index contributed by atoms with van der Waals surface area (Å²) in [5.41, 5.74) is 3.23. The van der Waals surface area contributed by atoms with Crippen LogP contribution in [0.15, 0.2) is 78.6 Å². The zero-order chi connectivity index (χ0) is 23.5. The summed E-state index contributed by atoms with van der Waals surface area (Å²) < 4.78 is 5.18. The van der Waals surface area contributed by atoms with Crippen LogP contribution in [0.1, 0.15) is 48.1 Å². The van der Waals surface area contributed by atoms with Gasteiger partial charge in [0.1, 0.15) is 11.5 Å². The van der Waals surface area contributed by atoms with Crippen LogP contribution in [-0.4, -0.2) is 33.8 Å². The number of likely N-dealkylation sites (tertiary alicyclic amines) is 1. The van der Waals surface area contributed by atoms with E-state index in [1.165, 1.54) is 4.90 Å². The summed E-state index contributed by atoms with van der Waals surface area (Å²) in [5.74, 6) is -0.580. The minimum atomic E-state index is -0.714. The first kappa shape index (κ1) is 22.3. The summed E-state index contributed by atoms with van der Waals surface area (Å²) in [5, 5.41) is 11.2.